The van der Waals surface area contributed by atoms with E-state index in [4.69, 9.17) is 9.47 Å². The Morgan fingerprint density at radius 1 is 1.00 bits per heavy atom. The van der Waals surface area contributed by atoms with Crippen molar-refractivity contribution in [2.24, 2.45) is 0 Å². The molecule has 0 N–H and O–H groups in total. The van der Waals surface area contributed by atoms with E-state index in [-0.39, 0.29) is 5.92 Å². The second kappa shape index (κ2) is 7.47. The van der Waals surface area contributed by atoms with Crippen molar-refractivity contribution < 1.29 is 19.1 Å². The molecular formula is C24H24O4. The fourth-order valence-corrected chi connectivity index (χ4v) is 3.37. The highest BCUT2D eigenvalue weighted by Gasteiger charge is 2.28. The van der Waals surface area contributed by atoms with Crippen LogP contribution in [0.2, 0.25) is 0 Å². The minimum Gasteiger partial charge on any atom is -0.422 e. The molecule has 1 aliphatic carbocycles. The molecule has 1 aliphatic rings. The van der Waals surface area contributed by atoms with Gasteiger partial charge in [-0.15, -0.1) is 0 Å². The molecule has 2 aromatic rings. The number of ether oxygens (including phenoxy) is 2. The first-order valence-electron chi connectivity index (χ1n) is 9.21. The molecule has 0 fully saturated rings. The van der Waals surface area contributed by atoms with Crippen LogP contribution >= 0.6 is 0 Å². The number of benzene rings is 2. The summed E-state index contributed by atoms with van der Waals surface area (Å²) in [5, 5.41) is 1.46. The second-order valence-electron chi connectivity index (χ2n) is 7.36. The summed E-state index contributed by atoms with van der Waals surface area (Å²) in [5.41, 5.74) is 3.37. The third-order valence-electron chi connectivity index (χ3n) is 4.80. The molecule has 0 bridgehead atoms. The zero-order chi connectivity index (χ0) is 20.6. The highest BCUT2D eigenvalue weighted by molar-refractivity contribution is 6.02. The van der Waals surface area contributed by atoms with Crippen LogP contribution in [-0.2, 0) is 16.0 Å². The minimum atomic E-state index is -0.474. The van der Waals surface area contributed by atoms with E-state index in [2.05, 4.69) is 19.2 Å². The summed E-state index contributed by atoms with van der Waals surface area (Å²) < 4.78 is 11.5. The first-order chi connectivity index (χ1) is 13.2. The molecule has 4 heteroatoms. The first-order valence-corrected chi connectivity index (χ1v) is 9.21. The Balaban J connectivity index is 2.36. The van der Waals surface area contributed by atoms with Crippen molar-refractivity contribution in [3.05, 3.63) is 71.3 Å². The summed E-state index contributed by atoms with van der Waals surface area (Å²) in [5.74, 6) is 0.0678. The number of fused-ring (bicyclic) bond motifs is 2. The number of carbonyl (C=O) groups excluding carboxylic acids is 2. The van der Waals surface area contributed by atoms with Gasteiger partial charge in [0.15, 0.2) is 0 Å². The van der Waals surface area contributed by atoms with E-state index in [0.717, 1.165) is 27.5 Å². The molecular weight excluding hydrogens is 352 g/mol. The molecule has 0 heterocycles. The maximum absolute atomic E-state index is 12.3. The molecule has 1 unspecified atom stereocenters. The molecule has 0 saturated heterocycles. The van der Waals surface area contributed by atoms with Gasteiger partial charge in [-0.2, -0.15) is 0 Å². The predicted octanol–water partition coefficient (Wildman–Crippen LogP) is 5.33. The molecule has 1 atom stereocenters. The smallest absolute Gasteiger partial charge is 0.338 e. The van der Waals surface area contributed by atoms with E-state index < -0.39 is 11.9 Å². The standard InChI is InChI=1S/C24H24O4/c1-13(2)23(25)27-21-17-11-10-15(5)12-19(17)22(28-24(26)14(3)4)20-16(6)8-7-9-18(20)21/h7-8,10-12,16H,1,3,9H2,2,4-6H3. The van der Waals surface area contributed by atoms with Crippen molar-refractivity contribution >= 4 is 22.7 Å². The van der Waals surface area contributed by atoms with Crippen LogP contribution in [-0.4, -0.2) is 11.9 Å². The van der Waals surface area contributed by atoms with E-state index in [9.17, 15) is 9.59 Å². The zero-order valence-corrected chi connectivity index (χ0v) is 16.7. The average molecular weight is 376 g/mol. The maximum atomic E-state index is 12.3. The van der Waals surface area contributed by atoms with Crippen LogP contribution in [0, 0.1) is 6.92 Å². The SMILES string of the molecule is C=C(C)C(=O)Oc1c2c(c(OC(=O)C(=C)C)c3cc(C)ccc13)C(C)C=CC2. The summed E-state index contributed by atoms with van der Waals surface area (Å²) in [6, 6.07) is 5.78. The number of rotatable bonds is 4. The van der Waals surface area contributed by atoms with Crippen molar-refractivity contribution in [2.75, 3.05) is 0 Å². The zero-order valence-electron chi connectivity index (χ0n) is 16.7. The summed E-state index contributed by atoms with van der Waals surface area (Å²) >= 11 is 0. The molecule has 0 spiro atoms. The maximum Gasteiger partial charge on any atom is 0.338 e. The highest BCUT2D eigenvalue weighted by Crippen LogP contribution is 2.47. The molecule has 0 saturated carbocycles. The third-order valence-corrected chi connectivity index (χ3v) is 4.80. The number of carbonyl (C=O) groups is 2. The van der Waals surface area contributed by atoms with Crippen LogP contribution in [0.1, 0.15) is 43.4 Å². The lowest BCUT2D eigenvalue weighted by Gasteiger charge is -2.26. The van der Waals surface area contributed by atoms with Crippen molar-refractivity contribution in [3.63, 3.8) is 0 Å². The Hall–Kier alpha value is -3.14. The summed E-state index contributed by atoms with van der Waals surface area (Å²) in [7, 11) is 0. The Morgan fingerprint density at radius 3 is 2.21 bits per heavy atom. The van der Waals surface area contributed by atoms with Gasteiger partial charge in [-0.25, -0.2) is 9.59 Å². The normalized spacial score (nSPS) is 15.1. The lowest BCUT2D eigenvalue weighted by molar-refractivity contribution is -0.131. The molecule has 0 radical (unpaired) electrons. The van der Waals surface area contributed by atoms with Gasteiger partial charge in [-0.05, 0) is 33.3 Å². The van der Waals surface area contributed by atoms with Crippen LogP contribution in [0.5, 0.6) is 11.5 Å². The molecule has 4 nitrogen and oxygen atoms in total. The van der Waals surface area contributed by atoms with Gasteiger partial charge in [0, 0.05) is 39.0 Å². The van der Waals surface area contributed by atoms with Crippen LogP contribution in [0.25, 0.3) is 10.8 Å². The van der Waals surface area contributed by atoms with E-state index in [1.165, 1.54) is 0 Å². The first kappa shape index (κ1) is 19.6. The van der Waals surface area contributed by atoms with Gasteiger partial charge in [0.1, 0.15) is 11.5 Å². The highest BCUT2D eigenvalue weighted by atomic mass is 16.5. The van der Waals surface area contributed by atoms with Crippen molar-refractivity contribution in [2.45, 2.75) is 40.0 Å². The van der Waals surface area contributed by atoms with Gasteiger partial charge in [-0.1, -0.05) is 49.9 Å². The summed E-state index contributed by atoms with van der Waals surface area (Å²) in [6.45, 7) is 14.6. The Bertz CT molecular complexity index is 1060. The molecule has 0 amide bonds. The quantitative estimate of drug-likeness (QED) is 0.313. The topological polar surface area (TPSA) is 52.6 Å². The van der Waals surface area contributed by atoms with Gasteiger partial charge < -0.3 is 9.47 Å². The average Bonchev–Trinajstić information content (AvgIpc) is 2.63. The van der Waals surface area contributed by atoms with Gasteiger partial charge >= 0.3 is 11.9 Å². The molecule has 0 aromatic heterocycles. The molecule has 0 aliphatic heterocycles. The van der Waals surface area contributed by atoms with Crippen LogP contribution in [0.4, 0.5) is 0 Å². The van der Waals surface area contributed by atoms with Crippen LogP contribution < -0.4 is 9.47 Å². The predicted molar refractivity (Wildman–Crippen MR) is 111 cm³/mol. The Kier molecular flexibility index (Phi) is 5.23. The molecule has 2 aromatic carbocycles. The Morgan fingerprint density at radius 2 is 1.61 bits per heavy atom. The largest absolute Gasteiger partial charge is 0.422 e. The lowest BCUT2D eigenvalue weighted by Crippen LogP contribution is -2.16. The van der Waals surface area contributed by atoms with E-state index in [0.29, 0.717) is 29.1 Å². The Labute approximate surface area is 165 Å². The minimum absolute atomic E-state index is 0.00358. The van der Waals surface area contributed by atoms with Crippen molar-refractivity contribution in [3.8, 4) is 11.5 Å². The molecule has 28 heavy (non-hydrogen) atoms. The number of hydrogen-bond donors (Lipinski definition) is 0. The van der Waals surface area contributed by atoms with Gasteiger partial charge in [-0.3, -0.25) is 0 Å². The van der Waals surface area contributed by atoms with E-state index >= 15 is 0 Å². The van der Waals surface area contributed by atoms with Gasteiger partial charge in [0.25, 0.3) is 0 Å². The monoisotopic (exact) mass is 376 g/mol. The number of allylic oxidation sites excluding steroid dienone is 2. The van der Waals surface area contributed by atoms with Crippen molar-refractivity contribution in [1.82, 2.24) is 0 Å². The molecule has 144 valence electrons. The van der Waals surface area contributed by atoms with Crippen LogP contribution in [0.15, 0.2) is 54.7 Å². The second-order valence-corrected chi connectivity index (χ2v) is 7.36. The molecule has 3 rings (SSSR count). The summed E-state index contributed by atoms with van der Waals surface area (Å²) in [6.07, 6.45) is 4.68. The number of aryl methyl sites for hydroxylation is 1. The fourth-order valence-electron chi connectivity index (χ4n) is 3.37. The van der Waals surface area contributed by atoms with Gasteiger partial charge in [0.2, 0.25) is 0 Å². The summed E-state index contributed by atoms with van der Waals surface area (Å²) in [4.78, 5) is 24.7. The van der Waals surface area contributed by atoms with Crippen molar-refractivity contribution in [1.29, 1.82) is 0 Å². The lowest BCUT2D eigenvalue weighted by atomic mass is 9.84. The third kappa shape index (κ3) is 3.50. The van der Waals surface area contributed by atoms with E-state index in [1.54, 1.807) is 13.8 Å². The number of esters is 2. The fraction of sp³-hybridized carbons (Fsp3) is 0.250. The number of hydrogen-bond acceptors (Lipinski definition) is 4. The van der Waals surface area contributed by atoms with Gasteiger partial charge in [0.05, 0.1) is 0 Å². The van der Waals surface area contributed by atoms with Crippen LogP contribution in [0.3, 0.4) is 0 Å². The van der Waals surface area contributed by atoms with E-state index in [1.807, 2.05) is 38.1 Å².